The Bertz CT molecular complexity index is 852. The number of nitrogens with one attached hydrogen (secondary N) is 2. The van der Waals surface area contributed by atoms with Crippen LogP contribution in [0.1, 0.15) is 11.1 Å². The standard InChI is InChI=1S/C19H19BrN4O/c1-13-9-15(5-8-17(13)20)24-19-10-18(22-12-23-19)21-11-14-3-6-16(25-2)7-4-14/h3-10,12H,11H2,1-2H3,(H2,21,22,23,24). The van der Waals surface area contributed by atoms with E-state index in [1.807, 2.05) is 42.5 Å². The maximum atomic E-state index is 5.17. The maximum absolute atomic E-state index is 5.17. The minimum absolute atomic E-state index is 0.678. The van der Waals surface area contributed by atoms with E-state index in [9.17, 15) is 0 Å². The average molecular weight is 399 g/mol. The van der Waals surface area contributed by atoms with E-state index in [-0.39, 0.29) is 0 Å². The lowest BCUT2D eigenvalue weighted by atomic mass is 10.2. The minimum Gasteiger partial charge on any atom is -0.497 e. The lowest BCUT2D eigenvalue weighted by Crippen LogP contribution is -2.03. The highest BCUT2D eigenvalue weighted by molar-refractivity contribution is 9.10. The zero-order chi connectivity index (χ0) is 17.6. The first kappa shape index (κ1) is 17.2. The fraction of sp³-hybridized carbons (Fsp3) is 0.158. The second-order valence-corrected chi connectivity index (χ2v) is 6.43. The molecule has 0 saturated carbocycles. The number of ether oxygens (including phenoxy) is 1. The predicted molar refractivity (Wildman–Crippen MR) is 105 cm³/mol. The van der Waals surface area contributed by atoms with Crippen molar-refractivity contribution in [1.82, 2.24) is 9.97 Å². The van der Waals surface area contributed by atoms with E-state index in [2.05, 4.69) is 49.5 Å². The number of hydrogen-bond donors (Lipinski definition) is 2. The van der Waals surface area contributed by atoms with Crippen molar-refractivity contribution in [2.24, 2.45) is 0 Å². The van der Waals surface area contributed by atoms with Gasteiger partial charge in [0.25, 0.3) is 0 Å². The van der Waals surface area contributed by atoms with Gasteiger partial charge in [-0.1, -0.05) is 28.1 Å². The third-order valence-corrected chi connectivity index (χ3v) is 4.62. The van der Waals surface area contributed by atoms with Gasteiger partial charge in [-0.15, -0.1) is 0 Å². The molecule has 5 nitrogen and oxygen atoms in total. The van der Waals surface area contributed by atoms with Crippen molar-refractivity contribution in [3.63, 3.8) is 0 Å². The number of nitrogens with zero attached hydrogens (tertiary/aromatic N) is 2. The van der Waals surface area contributed by atoms with Gasteiger partial charge in [0.2, 0.25) is 0 Å². The van der Waals surface area contributed by atoms with Gasteiger partial charge in [-0.05, 0) is 48.4 Å². The molecule has 0 spiro atoms. The van der Waals surface area contributed by atoms with Crippen LogP contribution in [0.5, 0.6) is 5.75 Å². The summed E-state index contributed by atoms with van der Waals surface area (Å²) < 4.78 is 6.25. The Hall–Kier alpha value is -2.60. The van der Waals surface area contributed by atoms with Gasteiger partial charge >= 0.3 is 0 Å². The van der Waals surface area contributed by atoms with Crippen molar-refractivity contribution < 1.29 is 4.74 Å². The van der Waals surface area contributed by atoms with Crippen molar-refractivity contribution >= 4 is 33.3 Å². The predicted octanol–water partition coefficient (Wildman–Crippen LogP) is 4.91. The fourth-order valence-corrected chi connectivity index (χ4v) is 2.58. The third-order valence-electron chi connectivity index (χ3n) is 3.73. The van der Waals surface area contributed by atoms with Crippen molar-refractivity contribution in [2.75, 3.05) is 17.7 Å². The number of hydrogen-bond acceptors (Lipinski definition) is 5. The number of anilines is 3. The highest BCUT2D eigenvalue weighted by atomic mass is 79.9. The van der Waals surface area contributed by atoms with E-state index in [1.54, 1.807) is 13.4 Å². The van der Waals surface area contributed by atoms with Crippen molar-refractivity contribution in [2.45, 2.75) is 13.5 Å². The normalized spacial score (nSPS) is 10.4. The van der Waals surface area contributed by atoms with Gasteiger partial charge in [0, 0.05) is 22.8 Å². The Balaban J connectivity index is 1.65. The van der Waals surface area contributed by atoms with E-state index in [0.29, 0.717) is 6.54 Å². The van der Waals surface area contributed by atoms with Crippen LogP contribution in [0.25, 0.3) is 0 Å². The minimum atomic E-state index is 0.678. The molecule has 0 aliphatic heterocycles. The van der Waals surface area contributed by atoms with E-state index >= 15 is 0 Å². The zero-order valence-electron chi connectivity index (χ0n) is 14.1. The van der Waals surface area contributed by atoms with Crippen LogP contribution >= 0.6 is 15.9 Å². The Morgan fingerprint density at radius 3 is 2.48 bits per heavy atom. The van der Waals surface area contributed by atoms with E-state index in [1.165, 1.54) is 0 Å². The lowest BCUT2D eigenvalue weighted by molar-refractivity contribution is 0.414. The number of aryl methyl sites for hydroxylation is 1. The Morgan fingerprint density at radius 2 is 1.76 bits per heavy atom. The molecule has 1 aromatic heterocycles. The quantitative estimate of drug-likeness (QED) is 0.617. The first-order valence-corrected chi connectivity index (χ1v) is 8.65. The Kier molecular flexibility index (Phi) is 5.50. The summed E-state index contributed by atoms with van der Waals surface area (Å²) in [6.07, 6.45) is 1.55. The maximum Gasteiger partial charge on any atom is 0.135 e. The van der Waals surface area contributed by atoms with Gasteiger partial charge in [0.1, 0.15) is 23.7 Å². The Labute approximate surface area is 155 Å². The van der Waals surface area contributed by atoms with Crippen LogP contribution in [0, 0.1) is 6.92 Å². The van der Waals surface area contributed by atoms with Crippen LogP contribution in [-0.2, 0) is 6.54 Å². The number of halogens is 1. The summed E-state index contributed by atoms with van der Waals surface area (Å²) in [6.45, 7) is 2.73. The molecule has 128 valence electrons. The van der Waals surface area contributed by atoms with Crippen LogP contribution in [0.3, 0.4) is 0 Å². The largest absolute Gasteiger partial charge is 0.497 e. The van der Waals surface area contributed by atoms with E-state index in [4.69, 9.17) is 4.74 Å². The van der Waals surface area contributed by atoms with Crippen molar-refractivity contribution in [3.8, 4) is 5.75 Å². The van der Waals surface area contributed by atoms with Gasteiger partial charge in [-0.3, -0.25) is 0 Å². The molecule has 0 unspecified atom stereocenters. The summed E-state index contributed by atoms with van der Waals surface area (Å²) in [6, 6.07) is 15.9. The molecule has 2 N–H and O–H groups in total. The number of benzene rings is 2. The summed E-state index contributed by atoms with van der Waals surface area (Å²) in [7, 11) is 1.66. The summed E-state index contributed by atoms with van der Waals surface area (Å²) in [4.78, 5) is 8.54. The van der Waals surface area contributed by atoms with Gasteiger partial charge in [-0.2, -0.15) is 0 Å². The Morgan fingerprint density at radius 1 is 1.00 bits per heavy atom. The zero-order valence-corrected chi connectivity index (χ0v) is 15.7. The van der Waals surface area contributed by atoms with Crippen LogP contribution in [0.4, 0.5) is 17.3 Å². The number of aromatic nitrogens is 2. The molecule has 0 fully saturated rings. The highest BCUT2D eigenvalue weighted by Crippen LogP contribution is 2.23. The smallest absolute Gasteiger partial charge is 0.135 e. The number of methoxy groups -OCH3 is 1. The van der Waals surface area contributed by atoms with Gasteiger partial charge in [-0.25, -0.2) is 9.97 Å². The topological polar surface area (TPSA) is 59.1 Å². The van der Waals surface area contributed by atoms with Crippen LogP contribution < -0.4 is 15.4 Å². The molecular formula is C19H19BrN4O. The molecule has 6 heteroatoms. The van der Waals surface area contributed by atoms with Crippen LogP contribution in [0.2, 0.25) is 0 Å². The van der Waals surface area contributed by atoms with E-state index < -0.39 is 0 Å². The fourth-order valence-electron chi connectivity index (χ4n) is 2.33. The lowest BCUT2D eigenvalue weighted by Gasteiger charge is -2.10. The second-order valence-electron chi connectivity index (χ2n) is 5.58. The first-order chi connectivity index (χ1) is 12.1. The molecule has 0 amide bonds. The van der Waals surface area contributed by atoms with Crippen LogP contribution in [0.15, 0.2) is 59.3 Å². The second kappa shape index (κ2) is 7.98. The highest BCUT2D eigenvalue weighted by Gasteiger charge is 2.02. The summed E-state index contributed by atoms with van der Waals surface area (Å²) in [5.74, 6) is 2.36. The van der Waals surface area contributed by atoms with Crippen LogP contribution in [-0.4, -0.2) is 17.1 Å². The molecule has 0 radical (unpaired) electrons. The molecule has 0 aliphatic carbocycles. The third kappa shape index (κ3) is 4.70. The van der Waals surface area contributed by atoms with E-state index in [0.717, 1.165) is 38.7 Å². The van der Waals surface area contributed by atoms with Crippen molar-refractivity contribution in [3.05, 3.63) is 70.5 Å². The molecule has 0 atom stereocenters. The molecule has 0 bridgehead atoms. The molecule has 1 heterocycles. The SMILES string of the molecule is COc1ccc(CNc2cc(Nc3ccc(Br)c(C)c3)ncn2)cc1. The van der Waals surface area contributed by atoms with Crippen molar-refractivity contribution in [1.29, 1.82) is 0 Å². The molecule has 3 aromatic rings. The molecular weight excluding hydrogens is 380 g/mol. The summed E-state index contributed by atoms with van der Waals surface area (Å²) in [5, 5.41) is 6.60. The van der Waals surface area contributed by atoms with Gasteiger partial charge in [0.15, 0.2) is 0 Å². The molecule has 3 rings (SSSR count). The molecule has 0 aliphatic rings. The first-order valence-electron chi connectivity index (χ1n) is 7.86. The monoisotopic (exact) mass is 398 g/mol. The number of rotatable bonds is 6. The molecule has 2 aromatic carbocycles. The molecule has 0 saturated heterocycles. The molecule has 25 heavy (non-hydrogen) atoms. The average Bonchev–Trinajstić information content (AvgIpc) is 2.64. The van der Waals surface area contributed by atoms with Gasteiger partial charge in [0.05, 0.1) is 7.11 Å². The van der Waals surface area contributed by atoms with Gasteiger partial charge < -0.3 is 15.4 Å². The summed E-state index contributed by atoms with van der Waals surface area (Å²) in [5.41, 5.74) is 3.30. The summed E-state index contributed by atoms with van der Waals surface area (Å²) >= 11 is 3.51.